The molecule has 1 aliphatic heterocycles. The smallest absolute Gasteiger partial charge is 0.266 e. The number of thiazole rings is 1. The van der Waals surface area contributed by atoms with E-state index >= 15 is 0 Å². The lowest BCUT2D eigenvalue weighted by molar-refractivity contribution is -0.113. The van der Waals surface area contributed by atoms with Crippen LogP contribution in [0, 0.1) is 0 Å². The maximum atomic E-state index is 13.2. The van der Waals surface area contributed by atoms with Crippen LogP contribution in [0.4, 0.5) is 5.69 Å². The Morgan fingerprint density at radius 1 is 0.933 bits per heavy atom. The number of amides is 1. The Balaban J connectivity index is 1.55. The van der Waals surface area contributed by atoms with Crippen LogP contribution in [0.25, 0.3) is 16.3 Å². The van der Waals surface area contributed by atoms with Crippen LogP contribution in [-0.2, 0) is 4.79 Å². The number of para-hydroxylation sites is 1. The number of aliphatic imine (C=N–C) groups is 1. The van der Waals surface area contributed by atoms with Crippen LogP contribution in [0.5, 0.6) is 0 Å². The highest BCUT2D eigenvalue weighted by Crippen LogP contribution is 2.36. The third-order valence-corrected chi connectivity index (χ3v) is 6.78. The first-order valence-corrected chi connectivity index (χ1v) is 11.2. The molecule has 0 saturated heterocycles. The summed E-state index contributed by atoms with van der Waals surface area (Å²) in [6.45, 7) is 0. The van der Waals surface area contributed by atoms with E-state index in [0.717, 1.165) is 20.1 Å². The molecule has 1 aromatic heterocycles. The van der Waals surface area contributed by atoms with E-state index in [1.165, 1.54) is 11.8 Å². The van der Waals surface area contributed by atoms with E-state index in [1.807, 2.05) is 66.7 Å². The lowest BCUT2D eigenvalue weighted by atomic mass is 10.2. The van der Waals surface area contributed by atoms with E-state index in [-0.39, 0.29) is 5.91 Å². The molecule has 7 heteroatoms. The third kappa shape index (κ3) is 3.77. The zero-order valence-corrected chi connectivity index (χ0v) is 17.9. The molecule has 1 amide bonds. The topological polar surface area (TPSA) is 45.6 Å². The van der Waals surface area contributed by atoms with Gasteiger partial charge >= 0.3 is 0 Å². The molecule has 0 unspecified atom stereocenters. The number of nitrogens with zero attached hydrogens (tertiary/aromatic N) is 3. The zero-order chi connectivity index (χ0) is 20.5. The second kappa shape index (κ2) is 8.07. The molecular weight excluding hydrogens is 434 g/mol. The molecule has 0 atom stereocenters. The van der Waals surface area contributed by atoms with Gasteiger partial charge in [0.2, 0.25) is 0 Å². The molecular formula is C23H14ClN3OS2. The van der Waals surface area contributed by atoms with Crippen molar-refractivity contribution >= 4 is 67.8 Å². The Labute approximate surface area is 186 Å². The number of amidine groups is 1. The summed E-state index contributed by atoms with van der Waals surface area (Å²) in [4.78, 5) is 24.2. The molecule has 30 heavy (non-hydrogen) atoms. The summed E-state index contributed by atoms with van der Waals surface area (Å²) in [5, 5.41) is 1.19. The fourth-order valence-electron chi connectivity index (χ4n) is 3.06. The Morgan fingerprint density at radius 3 is 2.43 bits per heavy atom. The number of halogens is 1. The lowest BCUT2D eigenvalue weighted by Crippen LogP contribution is -2.30. The minimum atomic E-state index is -0.176. The normalized spacial score (nSPS) is 15.2. The Kier molecular flexibility index (Phi) is 5.12. The molecule has 1 aliphatic rings. The van der Waals surface area contributed by atoms with Crippen molar-refractivity contribution in [2.24, 2.45) is 4.99 Å². The van der Waals surface area contributed by atoms with Crippen LogP contribution in [0.3, 0.4) is 0 Å². The first-order valence-electron chi connectivity index (χ1n) is 9.16. The van der Waals surface area contributed by atoms with Crippen molar-refractivity contribution in [3.8, 4) is 0 Å². The van der Waals surface area contributed by atoms with Crippen LogP contribution in [0.15, 0.2) is 93.9 Å². The van der Waals surface area contributed by atoms with E-state index < -0.39 is 0 Å². The lowest BCUT2D eigenvalue weighted by Gasteiger charge is -2.17. The van der Waals surface area contributed by atoms with Gasteiger partial charge in [-0.15, -0.1) is 11.3 Å². The van der Waals surface area contributed by atoms with Crippen molar-refractivity contribution < 1.29 is 4.79 Å². The Morgan fingerprint density at radius 2 is 1.67 bits per heavy atom. The number of fused-ring (bicyclic) bond motifs is 1. The van der Waals surface area contributed by atoms with Crippen LogP contribution in [0.2, 0.25) is 5.02 Å². The molecule has 0 spiro atoms. The number of carbonyl (C=O) groups excluding carboxylic acids is 1. The van der Waals surface area contributed by atoms with Gasteiger partial charge in [0.1, 0.15) is 5.70 Å². The summed E-state index contributed by atoms with van der Waals surface area (Å²) in [6.07, 6.45) is 1.80. The molecule has 2 heterocycles. The molecule has 0 aliphatic carbocycles. The maximum Gasteiger partial charge on any atom is 0.283 e. The average molecular weight is 448 g/mol. The predicted molar refractivity (Wildman–Crippen MR) is 126 cm³/mol. The maximum absolute atomic E-state index is 13.2. The van der Waals surface area contributed by atoms with Gasteiger partial charge in [0.15, 0.2) is 9.51 Å². The van der Waals surface area contributed by atoms with Crippen molar-refractivity contribution in [2.45, 2.75) is 4.34 Å². The molecule has 5 rings (SSSR count). The molecule has 0 fully saturated rings. The Hall–Kier alpha value is -2.93. The minimum Gasteiger partial charge on any atom is -0.266 e. The van der Waals surface area contributed by atoms with Crippen molar-refractivity contribution in [3.63, 3.8) is 0 Å². The highest BCUT2D eigenvalue weighted by atomic mass is 35.5. The van der Waals surface area contributed by atoms with Crippen molar-refractivity contribution in [1.82, 2.24) is 4.98 Å². The van der Waals surface area contributed by atoms with Gasteiger partial charge in [-0.3, -0.25) is 9.69 Å². The highest BCUT2D eigenvalue weighted by Gasteiger charge is 2.33. The van der Waals surface area contributed by atoms with Gasteiger partial charge in [-0.1, -0.05) is 54.1 Å². The summed E-state index contributed by atoms with van der Waals surface area (Å²) in [5.41, 5.74) is 2.97. The van der Waals surface area contributed by atoms with E-state index in [4.69, 9.17) is 11.6 Å². The highest BCUT2D eigenvalue weighted by molar-refractivity contribution is 8.15. The van der Waals surface area contributed by atoms with Gasteiger partial charge in [0.25, 0.3) is 5.91 Å². The van der Waals surface area contributed by atoms with Crippen LogP contribution >= 0.6 is 34.7 Å². The summed E-state index contributed by atoms with van der Waals surface area (Å²) in [6, 6.07) is 24.9. The van der Waals surface area contributed by atoms with Gasteiger partial charge in [-0.2, -0.15) is 0 Å². The van der Waals surface area contributed by atoms with Gasteiger partial charge < -0.3 is 0 Å². The molecule has 146 valence electrons. The summed E-state index contributed by atoms with van der Waals surface area (Å²) < 4.78 is 1.94. The van der Waals surface area contributed by atoms with Crippen LogP contribution < -0.4 is 4.90 Å². The van der Waals surface area contributed by atoms with Crippen molar-refractivity contribution in [2.75, 3.05) is 4.90 Å². The second-order valence-electron chi connectivity index (χ2n) is 6.50. The van der Waals surface area contributed by atoms with Gasteiger partial charge in [-0.25, -0.2) is 9.98 Å². The number of aromatic nitrogens is 1. The third-order valence-electron chi connectivity index (χ3n) is 4.47. The fourth-order valence-corrected chi connectivity index (χ4v) is 5.27. The number of hydrogen-bond donors (Lipinski definition) is 0. The van der Waals surface area contributed by atoms with Crippen LogP contribution in [-0.4, -0.2) is 16.1 Å². The van der Waals surface area contributed by atoms with E-state index in [2.05, 4.69) is 9.98 Å². The number of benzene rings is 3. The van der Waals surface area contributed by atoms with Gasteiger partial charge in [-0.05, 0) is 59.8 Å². The molecule has 0 radical (unpaired) electrons. The number of rotatable bonds is 3. The van der Waals surface area contributed by atoms with E-state index in [0.29, 0.717) is 21.6 Å². The fraction of sp³-hybridized carbons (Fsp3) is 0. The largest absolute Gasteiger partial charge is 0.283 e. The minimum absolute atomic E-state index is 0.176. The molecule has 0 N–H and O–H groups in total. The predicted octanol–water partition coefficient (Wildman–Crippen LogP) is 6.49. The summed E-state index contributed by atoms with van der Waals surface area (Å²) in [7, 11) is 0. The monoisotopic (exact) mass is 447 g/mol. The molecule has 4 nitrogen and oxygen atoms in total. The molecule has 3 aromatic carbocycles. The number of thioether (sulfide) groups is 1. The Bertz CT molecular complexity index is 1260. The first-order chi connectivity index (χ1) is 14.7. The number of carbonyl (C=O) groups is 1. The van der Waals surface area contributed by atoms with Crippen molar-refractivity contribution in [1.29, 1.82) is 0 Å². The summed E-state index contributed by atoms with van der Waals surface area (Å²) in [5.74, 6) is -0.176. The summed E-state index contributed by atoms with van der Waals surface area (Å²) >= 11 is 9.02. The number of hydrogen-bond acceptors (Lipinski definition) is 5. The first kappa shape index (κ1) is 19.1. The van der Waals surface area contributed by atoms with Crippen molar-refractivity contribution in [3.05, 3.63) is 95.1 Å². The molecule has 0 bridgehead atoms. The molecule has 4 aromatic rings. The SMILES string of the molecule is O=C1/C(=C/c2ccccc2)N=C(Sc2nc3ccccc3s2)N1c1ccc(Cl)cc1. The van der Waals surface area contributed by atoms with Gasteiger partial charge in [0, 0.05) is 5.02 Å². The zero-order valence-electron chi connectivity index (χ0n) is 15.5. The standard InChI is InChI=1S/C23H14ClN3OS2/c24-16-10-12-17(13-11-16)27-21(28)19(14-15-6-2-1-3-7-15)25-22(27)30-23-26-18-8-4-5-9-20(18)29-23/h1-14H/b19-14-. The second-order valence-corrected chi connectivity index (χ2v) is 9.18. The van der Waals surface area contributed by atoms with Crippen LogP contribution in [0.1, 0.15) is 5.56 Å². The quantitative estimate of drug-likeness (QED) is 0.337. The van der Waals surface area contributed by atoms with E-state index in [9.17, 15) is 4.79 Å². The van der Waals surface area contributed by atoms with Gasteiger partial charge in [0.05, 0.1) is 15.9 Å². The van der Waals surface area contributed by atoms with E-state index in [1.54, 1.807) is 34.4 Å². The number of anilines is 1. The molecule has 0 saturated carbocycles. The average Bonchev–Trinajstić information content (AvgIpc) is 3.30.